The van der Waals surface area contributed by atoms with Crippen LogP contribution in [-0.2, 0) is 9.47 Å². The molecule has 12 nitrogen and oxygen atoms in total. The molecule has 2 amide bonds. The van der Waals surface area contributed by atoms with E-state index in [9.17, 15) is 19.7 Å². The highest BCUT2D eigenvalue weighted by atomic mass is 16.6. The van der Waals surface area contributed by atoms with Crippen LogP contribution in [0.25, 0.3) is 0 Å². The number of nitro benzene ring substituents is 1. The molecule has 0 saturated heterocycles. The highest BCUT2D eigenvalue weighted by Gasteiger charge is 2.19. The summed E-state index contributed by atoms with van der Waals surface area (Å²) in [6.07, 6.45) is -1.39. The normalized spacial score (nSPS) is 10.6. The lowest BCUT2D eigenvalue weighted by atomic mass is 10.3. The van der Waals surface area contributed by atoms with E-state index in [1.165, 1.54) is 24.3 Å². The maximum absolute atomic E-state index is 11.8. The van der Waals surface area contributed by atoms with Crippen molar-refractivity contribution >= 4 is 40.9 Å². The lowest BCUT2D eigenvalue weighted by Crippen LogP contribution is -2.15. The van der Waals surface area contributed by atoms with Gasteiger partial charge in [-0.15, -0.1) is 10.2 Å². The molecule has 0 bridgehead atoms. The van der Waals surface area contributed by atoms with Crippen molar-refractivity contribution in [1.82, 2.24) is 4.98 Å². The second kappa shape index (κ2) is 9.82. The number of nitrogens with one attached hydrogen (secondary N) is 3. The highest BCUT2D eigenvalue weighted by Crippen LogP contribution is 2.35. The Kier molecular flexibility index (Phi) is 7.23. The summed E-state index contributed by atoms with van der Waals surface area (Å²) in [5.41, 5.74) is 1.000. The zero-order chi connectivity index (χ0) is 21.4. The van der Waals surface area contributed by atoms with Gasteiger partial charge in [0.2, 0.25) is 0 Å². The summed E-state index contributed by atoms with van der Waals surface area (Å²) in [5, 5.41) is 23.8. The minimum absolute atomic E-state index is 0.0785. The summed E-state index contributed by atoms with van der Waals surface area (Å²) < 4.78 is 9.71. The molecule has 0 radical (unpaired) electrons. The van der Waals surface area contributed by atoms with Crippen molar-refractivity contribution in [1.29, 1.82) is 0 Å². The molecular formula is C17H20N6O6. The summed E-state index contributed by atoms with van der Waals surface area (Å²) in [6, 6.07) is 5.43. The lowest BCUT2D eigenvalue weighted by Gasteiger charge is -2.06. The van der Waals surface area contributed by atoms with Crippen LogP contribution in [0.1, 0.15) is 19.4 Å². The minimum atomic E-state index is -0.705. The summed E-state index contributed by atoms with van der Waals surface area (Å²) in [5.74, 6) is 0.397. The van der Waals surface area contributed by atoms with E-state index in [2.05, 4.69) is 25.8 Å². The van der Waals surface area contributed by atoms with Gasteiger partial charge in [-0.2, -0.15) is 0 Å². The SMILES string of the molecule is CCOC(=O)Nc1[nH]c(N=Nc2ccc([N+](=O)[O-])cc2)c(NC(=O)OCC)c1C. The summed E-state index contributed by atoms with van der Waals surface area (Å²) in [7, 11) is 0. The minimum Gasteiger partial charge on any atom is -0.450 e. The van der Waals surface area contributed by atoms with E-state index in [1.54, 1.807) is 20.8 Å². The van der Waals surface area contributed by atoms with Crippen LogP contribution in [0.4, 0.5) is 38.3 Å². The highest BCUT2D eigenvalue weighted by molar-refractivity contribution is 5.94. The van der Waals surface area contributed by atoms with Crippen LogP contribution in [0, 0.1) is 17.0 Å². The topological polar surface area (TPSA) is 160 Å². The summed E-state index contributed by atoms with van der Waals surface area (Å²) in [6.45, 7) is 5.32. The van der Waals surface area contributed by atoms with Crippen molar-refractivity contribution in [3.05, 3.63) is 39.9 Å². The number of hydrogen-bond acceptors (Lipinski definition) is 8. The number of aromatic amines is 1. The lowest BCUT2D eigenvalue weighted by molar-refractivity contribution is -0.384. The van der Waals surface area contributed by atoms with Gasteiger partial charge in [0, 0.05) is 17.7 Å². The van der Waals surface area contributed by atoms with Gasteiger partial charge < -0.3 is 14.5 Å². The van der Waals surface area contributed by atoms with Gasteiger partial charge in [0.05, 0.1) is 29.5 Å². The molecule has 0 fully saturated rings. The number of anilines is 2. The number of non-ortho nitro benzene ring substituents is 1. The third-order valence-corrected chi connectivity index (χ3v) is 3.56. The zero-order valence-corrected chi connectivity index (χ0v) is 16.0. The van der Waals surface area contributed by atoms with Crippen LogP contribution in [0.2, 0.25) is 0 Å². The van der Waals surface area contributed by atoms with Crippen molar-refractivity contribution in [2.75, 3.05) is 23.8 Å². The Morgan fingerprint density at radius 2 is 1.66 bits per heavy atom. The molecule has 154 valence electrons. The molecule has 0 spiro atoms. The van der Waals surface area contributed by atoms with Gasteiger partial charge in [-0.25, -0.2) is 9.59 Å². The van der Waals surface area contributed by atoms with E-state index >= 15 is 0 Å². The number of carbonyl (C=O) groups excluding carboxylic acids is 2. The van der Waals surface area contributed by atoms with Crippen LogP contribution >= 0.6 is 0 Å². The number of carbonyl (C=O) groups is 2. The molecule has 1 heterocycles. The number of benzene rings is 1. The number of azo groups is 1. The molecule has 29 heavy (non-hydrogen) atoms. The number of amides is 2. The quantitative estimate of drug-likeness (QED) is 0.342. The van der Waals surface area contributed by atoms with Gasteiger partial charge in [0.1, 0.15) is 5.82 Å². The van der Waals surface area contributed by atoms with Gasteiger partial charge in [-0.3, -0.25) is 20.7 Å². The van der Waals surface area contributed by atoms with Crippen LogP contribution < -0.4 is 10.6 Å². The van der Waals surface area contributed by atoms with Crippen LogP contribution in [-0.4, -0.2) is 35.3 Å². The number of ether oxygens (including phenoxy) is 2. The van der Waals surface area contributed by atoms with E-state index < -0.39 is 17.1 Å². The van der Waals surface area contributed by atoms with Crippen molar-refractivity contribution in [2.24, 2.45) is 10.2 Å². The predicted molar refractivity (Wildman–Crippen MR) is 104 cm³/mol. The summed E-state index contributed by atoms with van der Waals surface area (Å²) in [4.78, 5) is 36.6. The third-order valence-electron chi connectivity index (χ3n) is 3.56. The Labute approximate surface area is 165 Å². The zero-order valence-electron chi connectivity index (χ0n) is 16.0. The number of H-pyrrole nitrogens is 1. The van der Waals surface area contributed by atoms with Gasteiger partial charge >= 0.3 is 12.2 Å². The van der Waals surface area contributed by atoms with Crippen LogP contribution in [0.5, 0.6) is 0 Å². The Morgan fingerprint density at radius 1 is 1.07 bits per heavy atom. The number of nitro groups is 1. The smallest absolute Gasteiger partial charge is 0.412 e. The molecule has 12 heteroatoms. The standard InChI is InChI=1S/C17H20N6O6/c1-4-28-16(24)18-13-10(3)14(20-17(25)29-5-2)19-15(13)22-21-11-6-8-12(9-7-11)23(26)27/h6-9,19H,4-5H2,1-3H3,(H,18,24)(H,20,25). The largest absolute Gasteiger partial charge is 0.450 e. The molecule has 0 aliphatic carbocycles. The Morgan fingerprint density at radius 3 is 2.21 bits per heavy atom. The number of rotatable bonds is 7. The Bertz CT molecular complexity index is 921. The number of aromatic nitrogens is 1. The van der Waals surface area contributed by atoms with Gasteiger partial charge in [0.15, 0.2) is 5.82 Å². The van der Waals surface area contributed by atoms with Gasteiger partial charge in [0.25, 0.3) is 5.69 Å². The van der Waals surface area contributed by atoms with Gasteiger partial charge in [-0.05, 0) is 32.9 Å². The van der Waals surface area contributed by atoms with E-state index in [1.807, 2.05) is 0 Å². The fraction of sp³-hybridized carbons (Fsp3) is 0.294. The van der Waals surface area contributed by atoms with Gasteiger partial charge in [-0.1, -0.05) is 0 Å². The first-order valence-corrected chi connectivity index (χ1v) is 8.62. The molecule has 1 aromatic heterocycles. The average molecular weight is 404 g/mol. The first-order valence-electron chi connectivity index (χ1n) is 8.62. The van der Waals surface area contributed by atoms with E-state index in [0.717, 1.165) is 0 Å². The molecule has 1 aromatic carbocycles. The molecule has 0 aliphatic heterocycles. The number of hydrogen-bond donors (Lipinski definition) is 3. The molecule has 2 rings (SSSR count). The van der Waals surface area contributed by atoms with E-state index in [0.29, 0.717) is 11.3 Å². The second-order valence-corrected chi connectivity index (χ2v) is 5.51. The first-order chi connectivity index (χ1) is 13.8. The maximum Gasteiger partial charge on any atom is 0.412 e. The van der Waals surface area contributed by atoms with Crippen LogP contribution in [0.15, 0.2) is 34.5 Å². The monoisotopic (exact) mass is 404 g/mol. The van der Waals surface area contributed by atoms with Crippen molar-refractivity contribution < 1.29 is 24.0 Å². The van der Waals surface area contributed by atoms with Crippen LogP contribution in [0.3, 0.4) is 0 Å². The number of nitrogens with zero attached hydrogens (tertiary/aromatic N) is 3. The van der Waals surface area contributed by atoms with E-state index in [4.69, 9.17) is 9.47 Å². The molecule has 0 atom stereocenters. The Balaban J connectivity index is 2.32. The molecule has 3 N–H and O–H groups in total. The average Bonchev–Trinajstić information content (AvgIpc) is 2.96. The molecular weight excluding hydrogens is 384 g/mol. The predicted octanol–water partition coefficient (Wildman–Crippen LogP) is 4.78. The molecule has 0 aliphatic rings. The van der Waals surface area contributed by atoms with Crippen molar-refractivity contribution in [3.8, 4) is 0 Å². The van der Waals surface area contributed by atoms with Crippen molar-refractivity contribution in [2.45, 2.75) is 20.8 Å². The van der Waals surface area contributed by atoms with Crippen molar-refractivity contribution in [3.63, 3.8) is 0 Å². The Hall–Kier alpha value is -3.96. The summed E-state index contributed by atoms with van der Waals surface area (Å²) >= 11 is 0. The molecule has 0 unspecified atom stereocenters. The first kappa shape index (κ1) is 21.3. The molecule has 0 saturated carbocycles. The fourth-order valence-corrected chi connectivity index (χ4v) is 2.22. The third kappa shape index (κ3) is 5.76. The second-order valence-electron chi connectivity index (χ2n) is 5.51. The fourth-order valence-electron chi connectivity index (χ4n) is 2.22. The molecule has 2 aromatic rings. The van der Waals surface area contributed by atoms with E-state index in [-0.39, 0.29) is 36.2 Å². The maximum atomic E-state index is 11.8.